The van der Waals surface area contributed by atoms with E-state index >= 15 is 0 Å². The molecule has 2 aliphatic rings. The molecule has 0 bridgehead atoms. The van der Waals surface area contributed by atoms with Gasteiger partial charge in [0.1, 0.15) is 24.2 Å². The Hall–Kier alpha value is -3.59. The summed E-state index contributed by atoms with van der Waals surface area (Å²) in [5.74, 6) is 2.01. The number of pyridine rings is 1. The summed E-state index contributed by atoms with van der Waals surface area (Å²) in [5.41, 5.74) is 6.30. The van der Waals surface area contributed by atoms with Crippen molar-refractivity contribution in [3.8, 4) is 28.5 Å². The van der Waals surface area contributed by atoms with Crippen molar-refractivity contribution in [1.29, 1.82) is 0 Å². The highest BCUT2D eigenvalue weighted by molar-refractivity contribution is 7.91. The van der Waals surface area contributed by atoms with Gasteiger partial charge in [-0.25, -0.2) is 13.4 Å². The van der Waals surface area contributed by atoms with Crippen LogP contribution in [0.4, 0.5) is 0 Å². The van der Waals surface area contributed by atoms with Crippen LogP contribution in [0.1, 0.15) is 54.4 Å². The van der Waals surface area contributed by atoms with Crippen LogP contribution in [0.3, 0.4) is 0 Å². The van der Waals surface area contributed by atoms with Gasteiger partial charge >= 0.3 is 5.97 Å². The molecule has 0 aliphatic carbocycles. The van der Waals surface area contributed by atoms with Crippen LogP contribution in [0, 0.1) is 13.8 Å². The van der Waals surface area contributed by atoms with Gasteiger partial charge in [0.2, 0.25) is 5.88 Å². The molecule has 212 valence electrons. The van der Waals surface area contributed by atoms with Crippen molar-refractivity contribution in [2.75, 3.05) is 24.7 Å². The molecule has 1 atom stereocenters. The van der Waals surface area contributed by atoms with Crippen molar-refractivity contribution in [2.24, 2.45) is 0 Å². The molecule has 0 N–H and O–H groups in total. The lowest BCUT2D eigenvalue weighted by molar-refractivity contribution is -0.143. The van der Waals surface area contributed by atoms with Gasteiger partial charge in [-0.05, 0) is 79.6 Å². The molecule has 3 aromatic rings. The standard InChI is InChI=1S/C31H35NO7S/c1-4-36-30(33)15-24-19-37-28-16-29(32-17-27(24)28)38-18-22-6-5-7-23(14-22)31-20(2)12-26(13-21(31)3)39-25-8-10-40(34,35)11-9-25/h5-7,12-14,16-17,24-25H,4,8-11,15,18-19H2,1-3H3/t24-/m1/s1. The van der Waals surface area contributed by atoms with E-state index < -0.39 is 9.84 Å². The number of hydrogen-bond acceptors (Lipinski definition) is 8. The number of aryl methyl sites for hydroxylation is 2. The monoisotopic (exact) mass is 565 g/mol. The van der Waals surface area contributed by atoms with Gasteiger partial charge in [-0.3, -0.25) is 4.79 Å². The summed E-state index contributed by atoms with van der Waals surface area (Å²) in [4.78, 5) is 16.3. The summed E-state index contributed by atoms with van der Waals surface area (Å²) in [6, 6.07) is 14.0. The minimum atomic E-state index is -2.92. The first-order chi connectivity index (χ1) is 19.2. The lowest BCUT2D eigenvalue weighted by Crippen LogP contribution is -2.30. The van der Waals surface area contributed by atoms with Crippen molar-refractivity contribution < 1.29 is 32.2 Å². The average molecular weight is 566 g/mol. The summed E-state index contributed by atoms with van der Waals surface area (Å²) >= 11 is 0. The van der Waals surface area contributed by atoms with E-state index in [0.717, 1.165) is 39.1 Å². The predicted octanol–water partition coefficient (Wildman–Crippen LogP) is 5.33. The summed E-state index contributed by atoms with van der Waals surface area (Å²) in [6.45, 7) is 7.05. The Bertz CT molecular complexity index is 1460. The number of nitrogens with zero attached hydrogens (tertiary/aromatic N) is 1. The molecule has 0 radical (unpaired) electrons. The molecule has 0 unspecified atom stereocenters. The molecule has 1 saturated heterocycles. The van der Waals surface area contributed by atoms with E-state index in [1.807, 2.05) is 24.3 Å². The lowest BCUT2D eigenvalue weighted by Gasteiger charge is -2.24. The Kier molecular flexibility index (Phi) is 8.30. The van der Waals surface area contributed by atoms with Gasteiger partial charge < -0.3 is 18.9 Å². The van der Waals surface area contributed by atoms with Gasteiger partial charge in [-0.1, -0.05) is 18.2 Å². The molecule has 0 amide bonds. The number of fused-ring (bicyclic) bond motifs is 1. The van der Waals surface area contributed by atoms with Crippen LogP contribution in [0.2, 0.25) is 0 Å². The molecule has 1 fully saturated rings. The molecule has 3 heterocycles. The van der Waals surface area contributed by atoms with Gasteiger partial charge in [0.25, 0.3) is 0 Å². The van der Waals surface area contributed by atoms with Gasteiger partial charge in [-0.15, -0.1) is 0 Å². The SMILES string of the molecule is CCOC(=O)C[C@@H]1COc2cc(OCc3cccc(-c4c(C)cc(OC5CCS(=O)(=O)CC5)cc4C)c3)ncc21. The maximum Gasteiger partial charge on any atom is 0.306 e. The van der Waals surface area contributed by atoms with Crippen molar-refractivity contribution in [1.82, 2.24) is 4.98 Å². The van der Waals surface area contributed by atoms with E-state index in [-0.39, 0.29) is 35.9 Å². The second-order valence-corrected chi connectivity index (χ2v) is 12.8. The fraction of sp³-hybridized carbons (Fsp3) is 0.419. The quantitative estimate of drug-likeness (QED) is 0.321. The van der Waals surface area contributed by atoms with Crippen LogP contribution in [-0.2, 0) is 26.0 Å². The smallest absolute Gasteiger partial charge is 0.306 e. The van der Waals surface area contributed by atoms with Gasteiger partial charge in [0.05, 0.1) is 31.1 Å². The van der Waals surface area contributed by atoms with Crippen LogP contribution in [-0.4, -0.2) is 50.2 Å². The van der Waals surface area contributed by atoms with Crippen LogP contribution in [0.15, 0.2) is 48.7 Å². The van der Waals surface area contributed by atoms with E-state index in [1.165, 1.54) is 0 Å². The summed E-state index contributed by atoms with van der Waals surface area (Å²) < 4.78 is 46.5. The first-order valence-electron chi connectivity index (χ1n) is 13.7. The maximum absolute atomic E-state index is 11.9. The number of esters is 1. The molecule has 2 aliphatic heterocycles. The number of aromatic nitrogens is 1. The third-order valence-corrected chi connectivity index (χ3v) is 9.10. The highest BCUT2D eigenvalue weighted by atomic mass is 32.2. The normalized spacial score (nSPS) is 18.0. The highest BCUT2D eigenvalue weighted by Gasteiger charge is 2.28. The van der Waals surface area contributed by atoms with Gasteiger partial charge in [-0.2, -0.15) is 0 Å². The van der Waals surface area contributed by atoms with E-state index in [1.54, 1.807) is 19.2 Å². The summed E-state index contributed by atoms with van der Waals surface area (Å²) in [7, 11) is -2.92. The third kappa shape index (κ3) is 6.58. The third-order valence-electron chi connectivity index (χ3n) is 7.38. The van der Waals surface area contributed by atoms with Gasteiger partial charge in [0, 0.05) is 23.7 Å². The Morgan fingerprint density at radius 3 is 2.55 bits per heavy atom. The van der Waals surface area contributed by atoms with Crippen LogP contribution < -0.4 is 14.2 Å². The Labute approximate surface area is 235 Å². The average Bonchev–Trinajstić information content (AvgIpc) is 3.30. The van der Waals surface area contributed by atoms with Crippen LogP contribution in [0.5, 0.6) is 17.4 Å². The minimum absolute atomic E-state index is 0.0608. The lowest BCUT2D eigenvalue weighted by atomic mass is 9.94. The largest absolute Gasteiger partial charge is 0.492 e. The topological polar surface area (TPSA) is 101 Å². The van der Waals surface area contributed by atoms with Crippen LogP contribution >= 0.6 is 0 Å². The fourth-order valence-corrected chi connectivity index (χ4v) is 6.86. The summed E-state index contributed by atoms with van der Waals surface area (Å²) in [5, 5.41) is 0. The van der Waals surface area contributed by atoms with Gasteiger partial charge in [0.15, 0.2) is 9.84 Å². The van der Waals surface area contributed by atoms with E-state index in [0.29, 0.717) is 44.3 Å². The first-order valence-corrected chi connectivity index (χ1v) is 15.5. The Morgan fingerprint density at radius 1 is 1.07 bits per heavy atom. The maximum atomic E-state index is 11.9. The van der Waals surface area contributed by atoms with E-state index in [4.69, 9.17) is 18.9 Å². The van der Waals surface area contributed by atoms with Crippen LogP contribution in [0.25, 0.3) is 11.1 Å². The number of sulfone groups is 1. The van der Waals surface area contributed by atoms with Crippen molar-refractivity contribution in [3.63, 3.8) is 0 Å². The Balaban J connectivity index is 1.24. The zero-order valence-electron chi connectivity index (χ0n) is 23.1. The van der Waals surface area contributed by atoms with E-state index in [2.05, 4.69) is 31.0 Å². The highest BCUT2D eigenvalue weighted by Crippen LogP contribution is 2.38. The second kappa shape index (κ2) is 11.9. The minimum Gasteiger partial charge on any atom is -0.492 e. The summed E-state index contributed by atoms with van der Waals surface area (Å²) in [6.07, 6.45) is 2.98. The number of rotatable bonds is 9. The number of carbonyl (C=O) groups is 1. The van der Waals surface area contributed by atoms with Crippen molar-refractivity contribution >= 4 is 15.8 Å². The molecule has 2 aromatic carbocycles. The number of hydrogen-bond donors (Lipinski definition) is 0. The molecular weight excluding hydrogens is 530 g/mol. The molecular formula is C31H35NO7S. The number of benzene rings is 2. The first kappa shape index (κ1) is 28.0. The second-order valence-electron chi connectivity index (χ2n) is 10.5. The molecule has 8 nitrogen and oxygen atoms in total. The fourth-order valence-electron chi connectivity index (χ4n) is 5.41. The molecule has 0 spiro atoms. The zero-order chi connectivity index (χ0) is 28.3. The molecule has 5 rings (SSSR count). The molecule has 9 heteroatoms. The predicted molar refractivity (Wildman–Crippen MR) is 152 cm³/mol. The molecule has 0 saturated carbocycles. The zero-order valence-corrected chi connectivity index (χ0v) is 24.0. The molecule has 40 heavy (non-hydrogen) atoms. The number of carbonyl (C=O) groups excluding carboxylic acids is 1. The van der Waals surface area contributed by atoms with Crippen molar-refractivity contribution in [2.45, 2.75) is 58.7 Å². The molecule has 1 aromatic heterocycles. The number of ether oxygens (including phenoxy) is 4. The van der Waals surface area contributed by atoms with E-state index in [9.17, 15) is 13.2 Å². The van der Waals surface area contributed by atoms with Crippen molar-refractivity contribution in [3.05, 3.63) is 70.9 Å². The Morgan fingerprint density at radius 2 is 1.82 bits per heavy atom.